The maximum Gasteiger partial charge on any atom is 0.358 e. The largest absolute Gasteiger partial charge is 0.464 e. The highest BCUT2D eigenvalue weighted by Gasteiger charge is 2.13. The van der Waals surface area contributed by atoms with Gasteiger partial charge in [-0.1, -0.05) is 13.8 Å². The summed E-state index contributed by atoms with van der Waals surface area (Å²) >= 11 is 2.16. The van der Waals surface area contributed by atoms with E-state index in [9.17, 15) is 4.79 Å². The molecule has 0 spiro atoms. The van der Waals surface area contributed by atoms with Crippen molar-refractivity contribution in [3.8, 4) is 0 Å². The molecule has 14 heavy (non-hydrogen) atoms. The quantitative estimate of drug-likeness (QED) is 0.633. The van der Waals surface area contributed by atoms with Crippen molar-refractivity contribution in [3.05, 3.63) is 15.5 Å². The molecule has 0 radical (unpaired) electrons. The summed E-state index contributed by atoms with van der Waals surface area (Å²) in [5.41, 5.74) is 0.373. The van der Waals surface area contributed by atoms with Crippen LogP contribution in [0.15, 0.2) is 6.07 Å². The first-order valence-electron chi connectivity index (χ1n) is 4.36. The van der Waals surface area contributed by atoms with E-state index in [1.54, 1.807) is 6.07 Å². The second kappa shape index (κ2) is 4.77. The van der Waals surface area contributed by atoms with Gasteiger partial charge in [0, 0.05) is 12.6 Å². The summed E-state index contributed by atoms with van der Waals surface area (Å²) in [6.45, 7) is 5.03. The average Bonchev–Trinajstić information content (AvgIpc) is 2.46. The molecule has 0 aliphatic heterocycles. The first-order chi connectivity index (χ1) is 6.54. The maximum absolute atomic E-state index is 11.2. The van der Waals surface area contributed by atoms with Crippen LogP contribution in [0.5, 0.6) is 0 Å². The van der Waals surface area contributed by atoms with Gasteiger partial charge in [-0.25, -0.2) is 4.79 Å². The molecule has 0 unspecified atom stereocenters. The normalized spacial score (nSPS) is 10.6. The zero-order chi connectivity index (χ0) is 10.7. The van der Waals surface area contributed by atoms with E-state index in [0.717, 1.165) is 10.2 Å². The maximum atomic E-state index is 11.2. The van der Waals surface area contributed by atoms with E-state index in [-0.39, 0.29) is 5.97 Å². The van der Waals surface area contributed by atoms with E-state index in [4.69, 9.17) is 0 Å². The zero-order valence-electron chi connectivity index (χ0n) is 8.45. The summed E-state index contributed by atoms with van der Waals surface area (Å²) < 4.78 is 7.36. The van der Waals surface area contributed by atoms with Crippen LogP contribution in [0, 0.1) is 9.62 Å². The van der Waals surface area contributed by atoms with Gasteiger partial charge in [-0.15, -0.1) is 0 Å². The molecule has 0 N–H and O–H groups in total. The molecule has 0 aliphatic rings. The Balaban J connectivity index is 2.87. The number of aromatic nitrogens is 2. The number of nitrogens with zero attached hydrogens (tertiary/aromatic N) is 2. The summed E-state index contributed by atoms with van der Waals surface area (Å²) in [7, 11) is 1.36. The van der Waals surface area contributed by atoms with Crippen molar-refractivity contribution in [1.82, 2.24) is 9.78 Å². The van der Waals surface area contributed by atoms with Gasteiger partial charge in [0.05, 0.1) is 10.8 Å². The molecule has 1 rings (SSSR count). The van der Waals surface area contributed by atoms with Crippen molar-refractivity contribution in [2.75, 3.05) is 7.11 Å². The molecule has 1 aromatic heterocycles. The lowest BCUT2D eigenvalue weighted by molar-refractivity contribution is 0.0593. The van der Waals surface area contributed by atoms with Crippen LogP contribution >= 0.6 is 22.6 Å². The summed E-state index contributed by atoms with van der Waals surface area (Å²) in [5.74, 6) is 0.124. The predicted molar refractivity (Wildman–Crippen MR) is 61.1 cm³/mol. The standard InChI is InChI=1S/C9H13IN2O2/c1-6(2)5-12-8(10)4-7(11-12)9(13)14-3/h4,6H,5H2,1-3H3. The summed E-state index contributed by atoms with van der Waals surface area (Å²) in [6.07, 6.45) is 0. The van der Waals surface area contributed by atoms with Gasteiger partial charge in [-0.05, 0) is 28.5 Å². The number of carbonyl (C=O) groups excluding carboxylic acids is 1. The number of carbonyl (C=O) groups is 1. The van der Waals surface area contributed by atoms with Crippen LogP contribution in [0.1, 0.15) is 24.3 Å². The number of rotatable bonds is 3. The number of hydrogen-bond donors (Lipinski definition) is 0. The van der Waals surface area contributed by atoms with E-state index in [1.165, 1.54) is 7.11 Å². The molecule has 1 heterocycles. The Hall–Kier alpha value is -0.590. The van der Waals surface area contributed by atoms with Crippen molar-refractivity contribution < 1.29 is 9.53 Å². The number of ether oxygens (including phenoxy) is 1. The first kappa shape index (κ1) is 11.5. The minimum atomic E-state index is -0.384. The van der Waals surface area contributed by atoms with Crippen LogP contribution in [-0.4, -0.2) is 22.9 Å². The van der Waals surface area contributed by atoms with E-state index in [0.29, 0.717) is 11.6 Å². The van der Waals surface area contributed by atoms with Crippen molar-refractivity contribution in [1.29, 1.82) is 0 Å². The van der Waals surface area contributed by atoms with E-state index in [2.05, 4.69) is 46.3 Å². The Bertz CT molecular complexity index is 334. The lowest BCUT2D eigenvalue weighted by Gasteiger charge is -2.05. The highest BCUT2D eigenvalue weighted by molar-refractivity contribution is 14.1. The third-order valence-electron chi connectivity index (χ3n) is 1.66. The Morgan fingerprint density at radius 2 is 2.36 bits per heavy atom. The van der Waals surface area contributed by atoms with Gasteiger partial charge in [0.15, 0.2) is 5.69 Å². The van der Waals surface area contributed by atoms with E-state index in [1.807, 2.05) is 4.68 Å². The molecular weight excluding hydrogens is 295 g/mol. The average molecular weight is 308 g/mol. The number of methoxy groups -OCH3 is 1. The third kappa shape index (κ3) is 2.70. The molecule has 0 aliphatic carbocycles. The topological polar surface area (TPSA) is 44.1 Å². The Kier molecular flexibility index (Phi) is 3.91. The minimum absolute atomic E-state index is 0.373. The highest BCUT2D eigenvalue weighted by atomic mass is 127. The molecule has 0 aromatic carbocycles. The van der Waals surface area contributed by atoms with Crippen molar-refractivity contribution in [2.45, 2.75) is 20.4 Å². The molecule has 0 atom stereocenters. The van der Waals surface area contributed by atoms with Gasteiger partial charge in [-0.3, -0.25) is 4.68 Å². The fraction of sp³-hybridized carbons (Fsp3) is 0.556. The molecule has 0 amide bonds. The fourth-order valence-corrected chi connectivity index (χ4v) is 1.67. The van der Waals surface area contributed by atoms with Crippen LogP contribution in [0.4, 0.5) is 0 Å². The van der Waals surface area contributed by atoms with Crippen LogP contribution in [-0.2, 0) is 11.3 Å². The van der Waals surface area contributed by atoms with Gasteiger partial charge >= 0.3 is 5.97 Å². The van der Waals surface area contributed by atoms with Gasteiger partial charge < -0.3 is 4.74 Å². The molecular formula is C9H13IN2O2. The molecule has 0 fully saturated rings. The number of hydrogen-bond acceptors (Lipinski definition) is 3. The van der Waals surface area contributed by atoms with Gasteiger partial charge in [0.1, 0.15) is 0 Å². The Labute approximate surface area is 96.8 Å². The summed E-state index contributed by atoms with van der Waals surface area (Å²) in [5, 5.41) is 4.16. The second-order valence-corrected chi connectivity index (χ2v) is 4.53. The lowest BCUT2D eigenvalue weighted by atomic mass is 10.2. The molecule has 78 valence electrons. The monoisotopic (exact) mass is 308 g/mol. The molecule has 0 saturated heterocycles. The van der Waals surface area contributed by atoms with Gasteiger partial charge in [0.25, 0.3) is 0 Å². The smallest absolute Gasteiger partial charge is 0.358 e. The predicted octanol–water partition coefficient (Wildman–Crippen LogP) is 1.93. The van der Waals surface area contributed by atoms with Gasteiger partial charge in [-0.2, -0.15) is 5.10 Å². The number of halogens is 1. The lowest BCUT2D eigenvalue weighted by Crippen LogP contribution is -2.09. The van der Waals surface area contributed by atoms with Crippen molar-refractivity contribution in [2.24, 2.45) is 5.92 Å². The second-order valence-electron chi connectivity index (χ2n) is 3.42. The SMILES string of the molecule is COC(=O)c1cc(I)n(CC(C)C)n1. The minimum Gasteiger partial charge on any atom is -0.464 e. The number of esters is 1. The van der Waals surface area contributed by atoms with Gasteiger partial charge in [0.2, 0.25) is 0 Å². The molecule has 0 bridgehead atoms. The summed E-state index contributed by atoms with van der Waals surface area (Å²) in [4.78, 5) is 11.2. The van der Waals surface area contributed by atoms with E-state index >= 15 is 0 Å². The third-order valence-corrected chi connectivity index (χ3v) is 2.53. The van der Waals surface area contributed by atoms with Crippen LogP contribution in [0.25, 0.3) is 0 Å². The Morgan fingerprint density at radius 3 is 2.86 bits per heavy atom. The molecule has 0 saturated carbocycles. The fourth-order valence-electron chi connectivity index (χ4n) is 1.07. The van der Waals surface area contributed by atoms with Crippen LogP contribution < -0.4 is 0 Å². The van der Waals surface area contributed by atoms with E-state index < -0.39 is 0 Å². The Morgan fingerprint density at radius 1 is 1.71 bits per heavy atom. The summed E-state index contributed by atoms with van der Waals surface area (Å²) in [6, 6.07) is 1.73. The van der Waals surface area contributed by atoms with Crippen molar-refractivity contribution >= 4 is 28.6 Å². The molecule has 4 nitrogen and oxygen atoms in total. The zero-order valence-corrected chi connectivity index (χ0v) is 10.6. The molecule has 1 aromatic rings. The first-order valence-corrected chi connectivity index (χ1v) is 5.44. The van der Waals surface area contributed by atoms with Crippen molar-refractivity contribution in [3.63, 3.8) is 0 Å². The molecule has 5 heteroatoms. The van der Waals surface area contributed by atoms with Crippen LogP contribution in [0.3, 0.4) is 0 Å². The highest BCUT2D eigenvalue weighted by Crippen LogP contribution is 2.10. The van der Waals surface area contributed by atoms with Crippen LogP contribution in [0.2, 0.25) is 0 Å².